The van der Waals surface area contributed by atoms with Gasteiger partial charge in [-0.25, -0.2) is 0 Å². The molecule has 3 rings (SSSR count). The topological polar surface area (TPSA) is 80.9 Å². The van der Waals surface area contributed by atoms with Crippen molar-refractivity contribution in [2.45, 2.75) is 40.2 Å². The third-order valence-corrected chi connectivity index (χ3v) is 4.88. The first-order valence-electron chi connectivity index (χ1n) is 9.30. The van der Waals surface area contributed by atoms with Gasteiger partial charge in [-0.1, -0.05) is 47.5 Å². The van der Waals surface area contributed by atoms with Gasteiger partial charge in [0.05, 0.1) is 6.61 Å². The Morgan fingerprint density at radius 2 is 1.07 bits per heavy atom. The van der Waals surface area contributed by atoms with Crippen LogP contribution in [-0.4, -0.2) is 20.4 Å². The second kappa shape index (κ2) is 7.95. The maximum Gasteiger partial charge on any atom is 0.161 e. The predicted octanol–water partition coefficient (Wildman–Crippen LogP) is 4.40. The van der Waals surface area contributed by atoms with E-state index in [0.717, 1.165) is 33.4 Å². The Bertz CT molecular complexity index is 1020. The van der Waals surface area contributed by atoms with E-state index < -0.39 is 0 Å². The number of rotatable bonds is 5. The highest BCUT2D eigenvalue weighted by Crippen LogP contribution is 2.35. The average Bonchev–Trinajstić information content (AvgIpc) is 2.62. The summed E-state index contributed by atoms with van der Waals surface area (Å²) in [6, 6.07) is 13.1. The molecule has 4 heteroatoms. The van der Waals surface area contributed by atoms with Gasteiger partial charge in [-0.05, 0) is 54.7 Å². The van der Waals surface area contributed by atoms with Crippen molar-refractivity contribution < 1.29 is 20.4 Å². The first kappa shape index (κ1) is 19.8. The molecule has 4 N–H and O–H groups in total. The average molecular weight is 378 g/mol. The molecule has 3 aromatic rings. The van der Waals surface area contributed by atoms with Gasteiger partial charge < -0.3 is 20.4 Å². The lowest BCUT2D eigenvalue weighted by Crippen LogP contribution is -1.98. The van der Waals surface area contributed by atoms with Crippen molar-refractivity contribution >= 4 is 0 Å². The third-order valence-electron chi connectivity index (χ3n) is 4.88. The van der Waals surface area contributed by atoms with E-state index in [-0.39, 0.29) is 23.9 Å². The molecule has 0 atom stereocenters. The lowest BCUT2D eigenvalue weighted by atomic mass is 9.93. The molecule has 0 aliphatic carbocycles. The van der Waals surface area contributed by atoms with Gasteiger partial charge in [0.1, 0.15) is 5.75 Å². The van der Waals surface area contributed by atoms with E-state index in [4.69, 9.17) is 0 Å². The number of aliphatic hydroxyl groups is 1. The molecule has 0 spiro atoms. The largest absolute Gasteiger partial charge is 0.507 e. The number of aliphatic hydroxyl groups excluding tert-OH is 1. The SMILES string of the molecule is Cc1cc(CO)cc(Cc2cc(C)cc(Cc3cc(C)cc(O)c3O)c2O)c1. The highest BCUT2D eigenvalue weighted by Gasteiger charge is 2.14. The molecule has 0 saturated carbocycles. The van der Waals surface area contributed by atoms with E-state index in [9.17, 15) is 20.4 Å². The number of aryl methyl sites for hydroxylation is 3. The zero-order valence-electron chi connectivity index (χ0n) is 16.5. The summed E-state index contributed by atoms with van der Waals surface area (Å²) in [6.07, 6.45) is 0.859. The molecule has 28 heavy (non-hydrogen) atoms. The quantitative estimate of drug-likeness (QED) is 0.496. The van der Waals surface area contributed by atoms with Crippen molar-refractivity contribution in [2.24, 2.45) is 0 Å². The second-order valence-electron chi connectivity index (χ2n) is 7.56. The molecule has 0 aromatic heterocycles. The molecular weight excluding hydrogens is 352 g/mol. The Labute approximate surface area is 165 Å². The lowest BCUT2D eigenvalue weighted by Gasteiger charge is -2.14. The Kier molecular flexibility index (Phi) is 5.61. The van der Waals surface area contributed by atoms with E-state index >= 15 is 0 Å². The van der Waals surface area contributed by atoms with Crippen LogP contribution in [0.1, 0.15) is 44.5 Å². The molecule has 0 fully saturated rings. The Balaban J connectivity index is 1.98. The van der Waals surface area contributed by atoms with Crippen LogP contribution in [0, 0.1) is 20.8 Å². The van der Waals surface area contributed by atoms with Crippen LogP contribution >= 0.6 is 0 Å². The van der Waals surface area contributed by atoms with Crippen LogP contribution in [0.5, 0.6) is 17.2 Å². The predicted molar refractivity (Wildman–Crippen MR) is 110 cm³/mol. The molecule has 0 aliphatic heterocycles. The molecule has 3 aromatic carbocycles. The van der Waals surface area contributed by atoms with Gasteiger partial charge in [0.2, 0.25) is 0 Å². The molecule has 0 unspecified atom stereocenters. The maximum absolute atomic E-state index is 10.9. The van der Waals surface area contributed by atoms with Crippen LogP contribution in [-0.2, 0) is 19.4 Å². The minimum atomic E-state index is -0.154. The van der Waals surface area contributed by atoms with Crippen LogP contribution in [0.3, 0.4) is 0 Å². The van der Waals surface area contributed by atoms with Crippen molar-refractivity contribution in [2.75, 3.05) is 0 Å². The van der Waals surface area contributed by atoms with E-state index in [2.05, 4.69) is 0 Å². The summed E-state index contributed by atoms with van der Waals surface area (Å²) in [4.78, 5) is 0. The highest BCUT2D eigenvalue weighted by molar-refractivity contribution is 5.53. The molecule has 146 valence electrons. The number of aromatic hydroxyl groups is 3. The Morgan fingerprint density at radius 1 is 0.571 bits per heavy atom. The summed E-state index contributed by atoms with van der Waals surface area (Å²) in [5.41, 5.74) is 6.85. The molecule has 0 heterocycles. The smallest absolute Gasteiger partial charge is 0.161 e. The molecule has 0 saturated heterocycles. The number of hydrogen-bond donors (Lipinski definition) is 4. The van der Waals surface area contributed by atoms with Crippen LogP contribution in [0.4, 0.5) is 0 Å². The maximum atomic E-state index is 10.9. The molecule has 0 bridgehead atoms. The summed E-state index contributed by atoms with van der Waals surface area (Å²) in [7, 11) is 0. The standard InChI is InChI=1S/C24H26O4/c1-14-4-17(10-18(5-14)13-25)11-19-6-15(2)7-20(23(19)27)12-21-8-16(3)9-22(26)24(21)28/h4-10,25-28H,11-13H2,1-3H3. The number of hydrogen-bond acceptors (Lipinski definition) is 4. The fraction of sp³-hybridized carbons (Fsp3) is 0.250. The highest BCUT2D eigenvalue weighted by atomic mass is 16.3. The van der Waals surface area contributed by atoms with Crippen molar-refractivity contribution in [3.63, 3.8) is 0 Å². The fourth-order valence-electron chi connectivity index (χ4n) is 3.74. The molecule has 0 radical (unpaired) electrons. The van der Waals surface area contributed by atoms with Crippen molar-refractivity contribution in [1.82, 2.24) is 0 Å². The fourth-order valence-corrected chi connectivity index (χ4v) is 3.74. The number of phenolic OH excluding ortho intramolecular Hbond substituents is 3. The van der Waals surface area contributed by atoms with Crippen LogP contribution in [0.15, 0.2) is 42.5 Å². The van der Waals surface area contributed by atoms with Crippen molar-refractivity contribution in [3.8, 4) is 17.2 Å². The van der Waals surface area contributed by atoms with Crippen LogP contribution < -0.4 is 0 Å². The van der Waals surface area contributed by atoms with E-state index in [1.54, 1.807) is 0 Å². The summed E-state index contributed by atoms with van der Waals surface area (Å²) in [5.74, 6) is -0.115. The first-order valence-corrected chi connectivity index (χ1v) is 9.30. The van der Waals surface area contributed by atoms with E-state index in [1.807, 2.05) is 57.2 Å². The second-order valence-corrected chi connectivity index (χ2v) is 7.56. The zero-order valence-corrected chi connectivity index (χ0v) is 16.5. The Hall–Kier alpha value is -2.98. The van der Waals surface area contributed by atoms with Gasteiger partial charge in [0.15, 0.2) is 11.5 Å². The number of benzene rings is 3. The summed E-state index contributed by atoms with van der Waals surface area (Å²) >= 11 is 0. The van der Waals surface area contributed by atoms with Gasteiger partial charge in [-0.3, -0.25) is 0 Å². The minimum absolute atomic E-state index is 0.0180. The van der Waals surface area contributed by atoms with Crippen LogP contribution in [0.25, 0.3) is 0 Å². The zero-order chi connectivity index (χ0) is 20.4. The lowest BCUT2D eigenvalue weighted by molar-refractivity contribution is 0.281. The van der Waals surface area contributed by atoms with Crippen molar-refractivity contribution in [3.05, 3.63) is 87.0 Å². The van der Waals surface area contributed by atoms with E-state index in [1.165, 1.54) is 6.07 Å². The summed E-state index contributed by atoms with van der Waals surface area (Å²) < 4.78 is 0. The van der Waals surface area contributed by atoms with E-state index in [0.29, 0.717) is 24.0 Å². The van der Waals surface area contributed by atoms with Crippen LogP contribution in [0.2, 0.25) is 0 Å². The molecule has 0 aliphatic rings. The Morgan fingerprint density at radius 3 is 1.71 bits per heavy atom. The van der Waals surface area contributed by atoms with Crippen molar-refractivity contribution in [1.29, 1.82) is 0 Å². The van der Waals surface area contributed by atoms with Gasteiger partial charge in [0.25, 0.3) is 0 Å². The molecular formula is C24H26O4. The van der Waals surface area contributed by atoms with Gasteiger partial charge >= 0.3 is 0 Å². The summed E-state index contributed by atoms with van der Waals surface area (Å²) in [6.45, 7) is 5.78. The van der Waals surface area contributed by atoms with Gasteiger partial charge in [0, 0.05) is 18.4 Å². The van der Waals surface area contributed by atoms with Gasteiger partial charge in [-0.2, -0.15) is 0 Å². The third kappa shape index (κ3) is 4.29. The summed E-state index contributed by atoms with van der Waals surface area (Å²) in [5, 5.41) is 40.4. The van der Waals surface area contributed by atoms with Gasteiger partial charge in [-0.15, -0.1) is 0 Å². The normalized spacial score (nSPS) is 11.0. The minimum Gasteiger partial charge on any atom is -0.507 e. The molecule has 4 nitrogen and oxygen atoms in total. The number of phenols is 3. The molecule has 0 amide bonds. The first-order chi connectivity index (χ1) is 13.3. The monoisotopic (exact) mass is 378 g/mol.